The highest BCUT2D eigenvalue weighted by Gasteiger charge is 2.35. The van der Waals surface area contributed by atoms with Crippen molar-refractivity contribution in [1.82, 2.24) is 4.98 Å². The van der Waals surface area contributed by atoms with E-state index in [0.29, 0.717) is 17.8 Å². The van der Waals surface area contributed by atoms with Gasteiger partial charge < -0.3 is 0 Å². The maximum absolute atomic E-state index is 12.5. The van der Waals surface area contributed by atoms with Crippen LogP contribution in [-0.4, -0.2) is 10.8 Å². The van der Waals surface area contributed by atoms with Gasteiger partial charge in [-0.15, -0.1) is 11.3 Å². The normalized spacial score (nSPS) is 13.2. The first-order valence-corrected chi connectivity index (χ1v) is 6.87. The molecule has 6 heteroatoms. The number of benzene rings is 1. The first-order valence-electron chi connectivity index (χ1n) is 6.05. The second kappa shape index (κ2) is 5.75. The van der Waals surface area contributed by atoms with Crippen LogP contribution in [0.15, 0.2) is 36.5 Å². The minimum absolute atomic E-state index is 0.0491. The number of halogens is 3. The molecule has 0 amide bonds. The summed E-state index contributed by atoms with van der Waals surface area (Å²) < 4.78 is 37.5. The minimum Gasteiger partial charge on any atom is -0.293 e. The molecule has 1 atom stereocenters. The summed E-state index contributed by atoms with van der Waals surface area (Å²) in [5.41, 5.74) is 0.807. The number of carbonyl (C=O) groups excluding carboxylic acids is 1. The Hall–Kier alpha value is -1.69. The number of alkyl halides is 3. The molecule has 2 nitrogen and oxygen atoms in total. The molecule has 1 aromatic heterocycles. The fraction of sp³-hybridized carbons (Fsp3) is 0.286. The van der Waals surface area contributed by atoms with E-state index >= 15 is 0 Å². The largest absolute Gasteiger partial charge is 0.443 e. The molecule has 106 valence electrons. The van der Waals surface area contributed by atoms with Gasteiger partial charge in [0, 0.05) is 12.1 Å². The number of aromatic nitrogens is 1. The van der Waals surface area contributed by atoms with Crippen molar-refractivity contribution >= 4 is 17.1 Å². The number of Topliss-reactive ketones (excluding diaryl/α,β-unsaturated/α-hetero) is 1. The van der Waals surface area contributed by atoms with Gasteiger partial charge >= 0.3 is 6.18 Å². The predicted octanol–water partition coefficient (Wildman–Crippen LogP) is 4.54. The van der Waals surface area contributed by atoms with Gasteiger partial charge in [-0.05, 0) is 12.0 Å². The molecular formula is C14H12F3NOS. The molecule has 0 radical (unpaired) electrons. The predicted molar refractivity (Wildman–Crippen MR) is 70.9 cm³/mol. The lowest BCUT2D eigenvalue weighted by atomic mass is 9.92. The average molecular weight is 299 g/mol. The topological polar surface area (TPSA) is 30.0 Å². The Balaban J connectivity index is 2.28. The van der Waals surface area contributed by atoms with Gasteiger partial charge in [-0.1, -0.05) is 37.3 Å². The van der Waals surface area contributed by atoms with E-state index < -0.39 is 17.1 Å². The molecule has 0 spiro atoms. The van der Waals surface area contributed by atoms with E-state index in [-0.39, 0.29) is 10.7 Å². The highest BCUT2D eigenvalue weighted by atomic mass is 32.1. The Labute approximate surface area is 118 Å². The van der Waals surface area contributed by atoms with Crippen molar-refractivity contribution in [3.8, 4) is 0 Å². The first kappa shape index (κ1) is 14.7. The molecule has 0 bridgehead atoms. The number of nitrogens with zero attached hydrogens (tertiary/aromatic N) is 1. The number of carbonyl (C=O) groups is 1. The molecule has 2 rings (SSSR count). The van der Waals surface area contributed by atoms with Crippen LogP contribution in [0.3, 0.4) is 0 Å². The third kappa shape index (κ3) is 3.07. The van der Waals surface area contributed by atoms with Crippen molar-refractivity contribution in [2.75, 3.05) is 0 Å². The molecule has 1 aromatic carbocycles. The Bertz CT molecular complexity index is 592. The van der Waals surface area contributed by atoms with Crippen molar-refractivity contribution in [3.05, 3.63) is 52.0 Å². The summed E-state index contributed by atoms with van der Waals surface area (Å²) in [6, 6.07) is 9.04. The molecule has 1 heterocycles. The summed E-state index contributed by atoms with van der Waals surface area (Å²) in [7, 11) is 0. The van der Waals surface area contributed by atoms with E-state index in [1.54, 1.807) is 24.3 Å². The van der Waals surface area contributed by atoms with Gasteiger partial charge in [0.1, 0.15) is 0 Å². The summed E-state index contributed by atoms with van der Waals surface area (Å²) >= 11 is 0.401. The lowest BCUT2D eigenvalue weighted by molar-refractivity contribution is -0.137. The Morgan fingerprint density at radius 1 is 1.30 bits per heavy atom. The summed E-state index contributed by atoms with van der Waals surface area (Å²) in [5, 5.41) is -0.983. The van der Waals surface area contributed by atoms with Crippen LogP contribution in [0.4, 0.5) is 13.2 Å². The average Bonchev–Trinajstić information content (AvgIpc) is 2.90. The smallest absolute Gasteiger partial charge is 0.293 e. The van der Waals surface area contributed by atoms with Gasteiger partial charge in [-0.25, -0.2) is 4.98 Å². The summed E-state index contributed by atoms with van der Waals surface area (Å²) in [5.74, 6) is -0.746. The standard InChI is InChI=1S/C14H12F3NOS/c1-2-10(9-6-4-3-5-7-9)12(19)11-8-18-13(20-11)14(15,16)17/h3-8,10H,2H2,1H3. The first-order chi connectivity index (χ1) is 9.43. The van der Waals surface area contributed by atoms with Crippen molar-refractivity contribution in [1.29, 1.82) is 0 Å². The van der Waals surface area contributed by atoms with E-state index in [1.807, 2.05) is 13.0 Å². The second-order valence-electron chi connectivity index (χ2n) is 4.26. The van der Waals surface area contributed by atoms with Crippen molar-refractivity contribution in [2.45, 2.75) is 25.4 Å². The van der Waals surface area contributed by atoms with Crippen molar-refractivity contribution in [2.24, 2.45) is 0 Å². The summed E-state index contributed by atoms with van der Waals surface area (Å²) in [6.07, 6.45) is -2.96. The zero-order valence-corrected chi connectivity index (χ0v) is 11.5. The maximum Gasteiger partial charge on any atom is 0.443 e. The van der Waals surface area contributed by atoms with E-state index in [0.717, 1.165) is 11.8 Å². The van der Waals surface area contributed by atoms with Crippen LogP contribution in [0.2, 0.25) is 0 Å². The van der Waals surface area contributed by atoms with Crippen LogP contribution < -0.4 is 0 Å². The molecule has 1 unspecified atom stereocenters. The molecule has 20 heavy (non-hydrogen) atoms. The quantitative estimate of drug-likeness (QED) is 0.776. The van der Waals surface area contributed by atoms with Crippen LogP contribution in [0.5, 0.6) is 0 Å². The second-order valence-corrected chi connectivity index (χ2v) is 5.29. The number of hydrogen-bond donors (Lipinski definition) is 0. The van der Waals surface area contributed by atoms with Gasteiger partial charge in [0.2, 0.25) is 0 Å². The molecule has 0 aliphatic heterocycles. The van der Waals surface area contributed by atoms with Gasteiger partial charge in [-0.3, -0.25) is 4.79 Å². The van der Waals surface area contributed by atoms with E-state index in [4.69, 9.17) is 0 Å². The monoisotopic (exact) mass is 299 g/mol. The van der Waals surface area contributed by atoms with E-state index in [9.17, 15) is 18.0 Å². The molecule has 0 aliphatic rings. The molecule has 0 fully saturated rings. The Kier molecular flexibility index (Phi) is 4.23. The summed E-state index contributed by atoms with van der Waals surface area (Å²) in [6.45, 7) is 1.83. The van der Waals surface area contributed by atoms with E-state index in [2.05, 4.69) is 4.98 Å². The molecule has 0 saturated carbocycles. The lowest BCUT2D eigenvalue weighted by Crippen LogP contribution is -2.10. The van der Waals surface area contributed by atoms with Gasteiger partial charge in [0.25, 0.3) is 0 Å². The Morgan fingerprint density at radius 3 is 2.45 bits per heavy atom. The van der Waals surface area contributed by atoms with Gasteiger partial charge in [-0.2, -0.15) is 13.2 Å². The van der Waals surface area contributed by atoms with Crippen molar-refractivity contribution < 1.29 is 18.0 Å². The highest BCUT2D eigenvalue weighted by Crippen LogP contribution is 2.34. The van der Waals surface area contributed by atoms with Gasteiger partial charge in [0.05, 0.1) is 4.88 Å². The summed E-state index contributed by atoms with van der Waals surface area (Å²) in [4.78, 5) is 15.7. The van der Waals surface area contributed by atoms with Crippen LogP contribution in [0, 0.1) is 0 Å². The zero-order chi connectivity index (χ0) is 14.8. The number of thiazole rings is 1. The van der Waals surface area contributed by atoms with Gasteiger partial charge in [0.15, 0.2) is 10.8 Å². The minimum atomic E-state index is -4.50. The molecule has 2 aromatic rings. The number of ketones is 1. The number of rotatable bonds is 4. The SMILES string of the molecule is CCC(C(=O)c1cnc(C(F)(F)F)s1)c1ccccc1. The van der Waals surface area contributed by atoms with Crippen LogP contribution in [0.1, 0.15) is 39.5 Å². The fourth-order valence-electron chi connectivity index (χ4n) is 1.95. The molecule has 0 N–H and O–H groups in total. The lowest BCUT2D eigenvalue weighted by Gasteiger charge is -2.12. The zero-order valence-electron chi connectivity index (χ0n) is 10.6. The molecular weight excluding hydrogens is 287 g/mol. The van der Waals surface area contributed by atoms with Crippen LogP contribution in [-0.2, 0) is 6.18 Å². The fourth-order valence-corrected chi connectivity index (χ4v) is 2.73. The van der Waals surface area contributed by atoms with Crippen molar-refractivity contribution in [3.63, 3.8) is 0 Å². The number of hydrogen-bond acceptors (Lipinski definition) is 3. The maximum atomic E-state index is 12.5. The van der Waals surface area contributed by atoms with Crippen LogP contribution >= 0.6 is 11.3 Å². The highest BCUT2D eigenvalue weighted by molar-refractivity contribution is 7.13. The Morgan fingerprint density at radius 2 is 1.95 bits per heavy atom. The molecule has 0 saturated heterocycles. The third-order valence-corrected chi connectivity index (χ3v) is 3.97. The molecule has 0 aliphatic carbocycles. The van der Waals surface area contributed by atoms with E-state index in [1.165, 1.54) is 0 Å². The third-order valence-electron chi connectivity index (χ3n) is 2.92. The van der Waals surface area contributed by atoms with Crippen LogP contribution in [0.25, 0.3) is 0 Å².